The van der Waals surface area contributed by atoms with E-state index in [9.17, 15) is 0 Å². The minimum atomic E-state index is 0. The van der Waals surface area contributed by atoms with Gasteiger partial charge in [-0.15, -0.1) is 35.3 Å². The molecule has 0 aliphatic carbocycles. The summed E-state index contributed by atoms with van der Waals surface area (Å²) in [4.78, 5) is 5.88. The van der Waals surface area contributed by atoms with E-state index in [1.54, 1.807) is 11.3 Å². The van der Waals surface area contributed by atoms with Crippen LogP contribution in [0.25, 0.3) is 0 Å². The highest BCUT2D eigenvalue weighted by molar-refractivity contribution is 14.0. The first kappa shape index (κ1) is 18.7. The van der Waals surface area contributed by atoms with Crippen molar-refractivity contribution < 1.29 is 4.74 Å². The molecule has 19 heavy (non-hydrogen) atoms. The first-order valence-corrected chi connectivity index (χ1v) is 7.28. The predicted octanol–water partition coefficient (Wildman–Crippen LogP) is 2.77. The fourth-order valence-corrected chi connectivity index (χ4v) is 2.27. The highest BCUT2D eigenvalue weighted by atomic mass is 127. The Kier molecular flexibility index (Phi) is 11.3. The molecule has 4 nitrogen and oxygen atoms in total. The van der Waals surface area contributed by atoms with Crippen molar-refractivity contribution in [2.45, 2.75) is 27.3 Å². The lowest BCUT2D eigenvalue weighted by Crippen LogP contribution is -2.38. The monoisotopic (exact) mass is 397 g/mol. The van der Waals surface area contributed by atoms with Gasteiger partial charge in [-0.2, -0.15) is 0 Å². The number of guanidine groups is 1. The molecule has 0 aromatic carbocycles. The number of aryl methyl sites for hydroxylation is 1. The molecular formula is C13H24IN3OS. The molecule has 0 radical (unpaired) electrons. The van der Waals surface area contributed by atoms with Crippen LogP contribution in [0.2, 0.25) is 0 Å². The van der Waals surface area contributed by atoms with Crippen molar-refractivity contribution in [2.75, 3.05) is 26.3 Å². The molecule has 0 saturated heterocycles. The number of ether oxygens (including phenoxy) is 1. The number of hydrogen-bond acceptors (Lipinski definition) is 3. The molecule has 110 valence electrons. The van der Waals surface area contributed by atoms with Crippen LogP contribution in [0.4, 0.5) is 0 Å². The smallest absolute Gasteiger partial charge is 0.191 e. The predicted molar refractivity (Wildman–Crippen MR) is 93.8 cm³/mol. The first-order chi connectivity index (χ1) is 8.77. The van der Waals surface area contributed by atoms with Crippen LogP contribution in [0, 0.1) is 6.92 Å². The van der Waals surface area contributed by atoms with Crippen LogP contribution in [0.5, 0.6) is 0 Å². The molecule has 6 heteroatoms. The summed E-state index contributed by atoms with van der Waals surface area (Å²) in [6, 6.07) is 2.13. The van der Waals surface area contributed by atoms with Gasteiger partial charge in [0, 0.05) is 24.6 Å². The minimum absolute atomic E-state index is 0. The molecule has 0 spiro atoms. The van der Waals surface area contributed by atoms with Gasteiger partial charge in [-0.05, 0) is 37.8 Å². The Balaban J connectivity index is 0.00000324. The van der Waals surface area contributed by atoms with E-state index in [1.165, 1.54) is 10.4 Å². The van der Waals surface area contributed by atoms with Crippen LogP contribution in [-0.4, -0.2) is 32.3 Å². The Hall–Kier alpha value is -0.340. The molecule has 0 fully saturated rings. The second-order valence-corrected chi connectivity index (χ2v) is 4.85. The van der Waals surface area contributed by atoms with E-state index >= 15 is 0 Å². The SMILES string of the molecule is CCNC(=NCc1sccc1C)NCCOCC.I. The maximum absolute atomic E-state index is 5.29. The summed E-state index contributed by atoms with van der Waals surface area (Å²) < 4.78 is 5.29. The number of halogens is 1. The maximum atomic E-state index is 5.29. The Morgan fingerprint density at radius 3 is 2.74 bits per heavy atom. The van der Waals surface area contributed by atoms with E-state index in [1.807, 2.05) is 6.92 Å². The summed E-state index contributed by atoms with van der Waals surface area (Å²) in [6.07, 6.45) is 0. The third kappa shape index (κ3) is 7.74. The normalized spacial score (nSPS) is 11.0. The second kappa shape index (κ2) is 11.5. The quantitative estimate of drug-likeness (QED) is 0.322. The molecular weight excluding hydrogens is 373 g/mol. The van der Waals surface area contributed by atoms with Gasteiger partial charge in [0.1, 0.15) is 0 Å². The molecule has 1 aromatic rings. The molecule has 1 rings (SSSR count). The Morgan fingerprint density at radius 2 is 2.16 bits per heavy atom. The van der Waals surface area contributed by atoms with E-state index in [0.29, 0.717) is 6.61 Å². The average molecular weight is 397 g/mol. The van der Waals surface area contributed by atoms with E-state index in [0.717, 1.165) is 32.2 Å². The second-order valence-electron chi connectivity index (χ2n) is 3.85. The van der Waals surface area contributed by atoms with Crippen LogP contribution in [-0.2, 0) is 11.3 Å². The van der Waals surface area contributed by atoms with Gasteiger partial charge in [-0.1, -0.05) is 0 Å². The van der Waals surface area contributed by atoms with Crippen LogP contribution in [0.15, 0.2) is 16.4 Å². The van der Waals surface area contributed by atoms with Crippen LogP contribution < -0.4 is 10.6 Å². The van der Waals surface area contributed by atoms with Crippen molar-refractivity contribution in [1.82, 2.24) is 10.6 Å². The van der Waals surface area contributed by atoms with Gasteiger partial charge in [-0.25, -0.2) is 4.99 Å². The van der Waals surface area contributed by atoms with Gasteiger partial charge in [0.15, 0.2) is 5.96 Å². The summed E-state index contributed by atoms with van der Waals surface area (Å²) in [6.45, 7) is 10.0. The molecule has 0 atom stereocenters. The number of thiophene rings is 1. The van der Waals surface area contributed by atoms with Gasteiger partial charge < -0.3 is 15.4 Å². The average Bonchev–Trinajstić information content (AvgIpc) is 2.77. The lowest BCUT2D eigenvalue weighted by atomic mass is 10.3. The van der Waals surface area contributed by atoms with E-state index in [-0.39, 0.29) is 24.0 Å². The van der Waals surface area contributed by atoms with Crippen molar-refractivity contribution in [2.24, 2.45) is 4.99 Å². The van der Waals surface area contributed by atoms with Gasteiger partial charge >= 0.3 is 0 Å². The lowest BCUT2D eigenvalue weighted by Gasteiger charge is -2.11. The number of aliphatic imine (C=N–C) groups is 1. The van der Waals surface area contributed by atoms with Gasteiger partial charge in [0.25, 0.3) is 0 Å². The maximum Gasteiger partial charge on any atom is 0.191 e. The van der Waals surface area contributed by atoms with Crippen molar-refractivity contribution in [1.29, 1.82) is 0 Å². The molecule has 1 heterocycles. The summed E-state index contributed by atoms with van der Waals surface area (Å²) in [7, 11) is 0. The highest BCUT2D eigenvalue weighted by Crippen LogP contribution is 2.16. The third-order valence-corrected chi connectivity index (χ3v) is 3.44. The third-order valence-electron chi connectivity index (χ3n) is 2.44. The van der Waals surface area contributed by atoms with Crippen molar-refractivity contribution in [3.63, 3.8) is 0 Å². The first-order valence-electron chi connectivity index (χ1n) is 6.40. The van der Waals surface area contributed by atoms with E-state index in [4.69, 9.17) is 4.74 Å². The van der Waals surface area contributed by atoms with Crippen LogP contribution in [0.1, 0.15) is 24.3 Å². The molecule has 0 amide bonds. The molecule has 0 aliphatic rings. The highest BCUT2D eigenvalue weighted by Gasteiger charge is 2.00. The van der Waals surface area contributed by atoms with Gasteiger partial charge in [0.05, 0.1) is 13.2 Å². The molecule has 0 saturated carbocycles. The summed E-state index contributed by atoms with van der Waals surface area (Å²) in [5, 5.41) is 8.59. The van der Waals surface area contributed by atoms with Crippen molar-refractivity contribution in [3.05, 3.63) is 21.9 Å². The van der Waals surface area contributed by atoms with Gasteiger partial charge in [0.2, 0.25) is 0 Å². The van der Waals surface area contributed by atoms with Crippen LogP contribution >= 0.6 is 35.3 Å². The Morgan fingerprint density at radius 1 is 1.37 bits per heavy atom. The fraction of sp³-hybridized carbons (Fsp3) is 0.615. The molecule has 0 aliphatic heterocycles. The zero-order valence-corrected chi connectivity index (χ0v) is 15.0. The lowest BCUT2D eigenvalue weighted by molar-refractivity contribution is 0.152. The zero-order chi connectivity index (χ0) is 13.2. The summed E-state index contributed by atoms with van der Waals surface area (Å²) >= 11 is 1.75. The van der Waals surface area contributed by atoms with E-state index < -0.39 is 0 Å². The minimum Gasteiger partial charge on any atom is -0.380 e. The summed E-state index contributed by atoms with van der Waals surface area (Å²) in [5.74, 6) is 0.852. The largest absolute Gasteiger partial charge is 0.380 e. The standard InChI is InChI=1S/C13H23N3OS.HI/c1-4-14-13(15-7-8-17-5-2)16-10-12-11(3)6-9-18-12;/h6,9H,4-5,7-8,10H2,1-3H3,(H2,14,15,16);1H. The topological polar surface area (TPSA) is 45.7 Å². The Labute approximate surface area is 137 Å². The van der Waals surface area contributed by atoms with Gasteiger partial charge in [-0.3, -0.25) is 0 Å². The number of rotatable bonds is 7. The summed E-state index contributed by atoms with van der Waals surface area (Å²) in [5.41, 5.74) is 1.31. The van der Waals surface area contributed by atoms with Crippen molar-refractivity contribution in [3.8, 4) is 0 Å². The number of hydrogen-bond donors (Lipinski definition) is 2. The number of nitrogens with zero attached hydrogens (tertiary/aromatic N) is 1. The van der Waals surface area contributed by atoms with E-state index in [2.05, 4.69) is 40.9 Å². The molecule has 2 N–H and O–H groups in total. The zero-order valence-electron chi connectivity index (χ0n) is 11.9. The van der Waals surface area contributed by atoms with Crippen molar-refractivity contribution >= 4 is 41.3 Å². The molecule has 0 unspecified atom stereocenters. The van der Waals surface area contributed by atoms with Crippen LogP contribution in [0.3, 0.4) is 0 Å². The molecule has 1 aromatic heterocycles. The fourth-order valence-electron chi connectivity index (χ4n) is 1.44. The molecule has 0 bridgehead atoms. The number of nitrogens with one attached hydrogen (secondary N) is 2. The Bertz CT molecular complexity index is 369.